The van der Waals surface area contributed by atoms with Gasteiger partial charge >= 0.3 is 6.18 Å². The van der Waals surface area contributed by atoms with Crippen LogP contribution in [0.3, 0.4) is 0 Å². The van der Waals surface area contributed by atoms with Crippen LogP contribution in [0.15, 0.2) is 48.8 Å². The fraction of sp³-hybridized carbons (Fsp3) is 0.286. The van der Waals surface area contributed by atoms with Gasteiger partial charge in [-0.2, -0.15) is 18.3 Å². The number of aromatic nitrogens is 3. The largest absolute Gasteiger partial charge is 0.417 e. The van der Waals surface area contributed by atoms with Gasteiger partial charge in [-0.3, -0.25) is 9.89 Å². The van der Waals surface area contributed by atoms with Crippen molar-refractivity contribution in [2.24, 2.45) is 0 Å². The van der Waals surface area contributed by atoms with Crippen molar-refractivity contribution >= 4 is 23.3 Å². The molecule has 1 aliphatic rings. The Morgan fingerprint density at radius 3 is 2.45 bits per heavy atom. The standard InChI is InChI=1S/C21H19ClF3N5O/c22-16-5-2-14(3-6-16)19-17(13-27-28-19)20(31)30-9-1-8-29(10-11-30)18-7-4-15(12-26-18)21(23,24)25/h2-7,12-13H,1,8-11H2,(H,27,28). The first-order valence-corrected chi connectivity index (χ1v) is 10.1. The lowest BCUT2D eigenvalue weighted by atomic mass is 10.1. The quantitative estimate of drug-likeness (QED) is 0.639. The fourth-order valence-corrected chi connectivity index (χ4v) is 3.67. The summed E-state index contributed by atoms with van der Waals surface area (Å²) in [7, 11) is 0. The summed E-state index contributed by atoms with van der Waals surface area (Å²) in [4.78, 5) is 20.7. The average molecular weight is 450 g/mol. The number of hydrogen-bond acceptors (Lipinski definition) is 4. The highest BCUT2D eigenvalue weighted by Gasteiger charge is 2.31. The number of pyridine rings is 1. The van der Waals surface area contributed by atoms with E-state index >= 15 is 0 Å². The van der Waals surface area contributed by atoms with E-state index < -0.39 is 11.7 Å². The second kappa shape index (κ2) is 8.58. The number of hydrogen-bond donors (Lipinski definition) is 1. The molecule has 6 nitrogen and oxygen atoms in total. The number of carbonyl (C=O) groups is 1. The van der Waals surface area contributed by atoms with Crippen molar-refractivity contribution in [2.45, 2.75) is 12.6 Å². The molecule has 4 rings (SSSR count). The van der Waals surface area contributed by atoms with Crippen LogP contribution in [0.5, 0.6) is 0 Å². The van der Waals surface area contributed by atoms with Gasteiger partial charge < -0.3 is 9.80 Å². The van der Waals surface area contributed by atoms with Gasteiger partial charge in [0, 0.05) is 43.0 Å². The SMILES string of the molecule is O=C(c1cn[nH]c1-c1ccc(Cl)cc1)N1CCCN(c2ccc(C(F)(F)F)cn2)CC1. The van der Waals surface area contributed by atoms with Crippen molar-refractivity contribution in [3.05, 3.63) is 64.9 Å². The molecule has 1 saturated heterocycles. The maximum Gasteiger partial charge on any atom is 0.417 e. The Labute approximate surface area is 181 Å². The highest BCUT2D eigenvalue weighted by Crippen LogP contribution is 2.30. The number of alkyl halides is 3. The maximum absolute atomic E-state index is 13.2. The van der Waals surface area contributed by atoms with E-state index in [1.807, 2.05) is 17.0 Å². The second-order valence-electron chi connectivity index (χ2n) is 7.20. The minimum absolute atomic E-state index is 0.152. The van der Waals surface area contributed by atoms with Gasteiger partial charge in [-0.05, 0) is 30.7 Å². The molecule has 10 heteroatoms. The Morgan fingerprint density at radius 1 is 1.00 bits per heavy atom. The van der Waals surface area contributed by atoms with Crippen LogP contribution in [0.4, 0.5) is 19.0 Å². The van der Waals surface area contributed by atoms with Crippen LogP contribution in [0.2, 0.25) is 5.02 Å². The second-order valence-corrected chi connectivity index (χ2v) is 7.64. The van der Waals surface area contributed by atoms with Crippen LogP contribution >= 0.6 is 11.6 Å². The van der Waals surface area contributed by atoms with Gasteiger partial charge in [-0.15, -0.1) is 0 Å². The number of H-pyrrole nitrogens is 1. The van der Waals surface area contributed by atoms with Crippen LogP contribution in [0.25, 0.3) is 11.3 Å². The maximum atomic E-state index is 13.2. The van der Waals surface area contributed by atoms with Gasteiger partial charge in [-0.25, -0.2) is 4.98 Å². The molecule has 3 aromatic rings. The third-order valence-corrected chi connectivity index (χ3v) is 5.44. The first-order valence-electron chi connectivity index (χ1n) is 9.70. The summed E-state index contributed by atoms with van der Waals surface area (Å²) in [5, 5.41) is 7.51. The zero-order valence-electron chi connectivity index (χ0n) is 16.4. The van der Waals surface area contributed by atoms with Crippen molar-refractivity contribution in [3.63, 3.8) is 0 Å². The lowest BCUT2D eigenvalue weighted by Crippen LogP contribution is -2.35. The summed E-state index contributed by atoms with van der Waals surface area (Å²) in [5.41, 5.74) is 1.10. The van der Waals surface area contributed by atoms with Crippen LogP contribution in [0.1, 0.15) is 22.3 Å². The van der Waals surface area contributed by atoms with E-state index in [1.165, 1.54) is 12.3 Å². The molecular weight excluding hydrogens is 431 g/mol. The topological polar surface area (TPSA) is 65.1 Å². The van der Waals surface area contributed by atoms with Gasteiger partial charge in [0.25, 0.3) is 5.91 Å². The molecule has 2 aromatic heterocycles. The number of nitrogens with one attached hydrogen (secondary N) is 1. The van der Waals surface area contributed by atoms with Crippen LogP contribution in [0, 0.1) is 0 Å². The van der Waals surface area contributed by atoms with Crippen molar-refractivity contribution in [1.29, 1.82) is 0 Å². The van der Waals surface area contributed by atoms with Gasteiger partial charge in [0.2, 0.25) is 0 Å². The molecule has 31 heavy (non-hydrogen) atoms. The van der Waals surface area contributed by atoms with Gasteiger partial charge in [0.15, 0.2) is 0 Å². The Bertz CT molecular complexity index is 1050. The number of anilines is 1. The third-order valence-electron chi connectivity index (χ3n) is 5.18. The molecule has 1 fully saturated rings. The summed E-state index contributed by atoms with van der Waals surface area (Å²) in [6.45, 7) is 2.02. The molecule has 1 aliphatic heterocycles. The van der Waals surface area contributed by atoms with E-state index in [1.54, 1.807) is 17.0 Å². The number of halogens is 4. The van der Waals surface area contributed by atoms with Crippen LogP contribution in [-0.4, -0.2) is 52.2 Å². The number of carbonyl (C=O) groups excluding carboxylic acids is 1. The Hall–Kier alpha value is -3.07. The molecular formula is C21H19ClF3N5O. The lowest BCUT2D eigenvalue weighted by Gasteiger charge is -2.23. The average Bonchev–Trinajstić information content (AvgIpc) is 3.10. The Morgan fingerprint density at radius 2 is 1.77 bits per heavy atom. The fourth-order valence-electron chi connectivity index (χ4n) is 3.55. The number of amides is 1. The molecule has 1 N–H and O–H groups in total. The Balaban J connectivity index is 1.46. The minimum Gasteiger partial charge on any atom is -0.355 e. The first-order chi connectivity index (χ1) is 14.8. The van der Waals surface area contributed by atoms with Gasteiger partial charge in [0.1, 0.15) is 5.82 Å². The monoisotopic (exact) mass is 449 g/mol. The summed E-state index contributed by atoms with van der Waals surface area (Å²) in [6.07, 6.45) is -1.40. The van der Waals surface area contributed by atoms with Crippen molar-refractivity contribution in [1.82, 2.24) is 20.1 Å². The van der Waals surface area contributed by atoms with E-state index in [4.69, 9.17) is 11.6 Å². The van der Waals surface area contributed by atoms with Crippen LogP contribution < -0.4 is 4.90 Å². The summed E-state index contributed by atoms with van der Waals surface area (Å²) in [6, 6.07) is 9.51. The van der Waals surface area contributed by atoms with E-state index in [9.17, 15) is 18.0 Å². The first kappa shape index (κ1) is 21.2. The molecule has 0 radical (unpaired) electrons. The third kappa shape index (κ3) is 4.66. The van der Waals surface area contributed by atoms with E-state index in [0.29, 0.717) is 54.7 Å². The summed E-state index contributed by atoms with van der Waals surface area (Å²) in [5.74, 6) is 0.313. The molecule has 0 spiro atoms. The normalized spacial score (nSPS) is 15.1. The molecule has 0 unspecified atom stereocenters. The van der Waals surface area contributed by atoms with E-state index in [2.05, 4.69) is 15.2 Å². The zero-order chi connectivity index (χ0) is 22.0. The van der Waals surface area contributed by atoms with Gasteiger partial charge in [-0.1, -0.05) is 23.7 Å². The number of aromatic amines is 1. The predicted molar refractivity (Wildman–Crippen MR) is 111 cm³/mol. The highest BCUT2D eigenvalue weighted by atomic mass is 35.5. The van der Waals surface area contributed by atoms with Gasteiger partial charge in [0.05, 0.1) is 23.0 Å². The molecule has 1 aromatic carbocycles. The molecule has 162 valence electrons. The van der Waals surface area contributed by atoms with Crippen molar-refractivity contribution < 1.29 is 18.0 Å². The zero-order valence-corrected chi connectivity index (χ0v) is 17.1. The van der Waals surface area contributed by atoms with Crippen LogP contribution in [-0.2, 0) is 6.18 Å². The van der Waals surface area contributed by atoms with Crippen molar-refractivity contribution in [2.75, 3.05) is 31.1 Å². The molecule has 0 atom stereocenters. The number of rotatable bonds is 3. The highest BCUT2D eigenvalue weighted by molar-refractivity contribution is 6.30. The molecule has 1 amide bonds. The number of nitrogens with zero attached hydrogens (tertiary/aromatic N) is 4. The Kier molecular flexibility index (Phi) is 5.86. The van der Waals surface area contributed by atoms with Crippen molar-refractivity contribution in [3.8, 4) is 11.3 Å². The molecule has 0 saturated carbocycles. The smallest absolute Gasteiger partial charge is 0.355 e. The summed E-state index contributed by atoms with van der Waals surface area (Å²) < 4.78 is 38.3. The minimum atomic E-state index is -4.42. The molecule has 3 heterocycles. The number of benzene rings is 1. The molecule has 0 aliphatic carbocycles. The summed E-state index contributed by atoms with van der Waals surface area (Å²) >= 11 is 5.94. The van der Waals surface area contributed by atoms with E-state index in [0.717, 1.165) is 17.8 Å². The van der Waals surface area contributed by atoms with E-state index in [-0.39, 0.29) is 5.91 Å². The molecule has 0 bridgehead atoms. The predicted octanol–water partition coefficient (Wildman–Crippen LogP) is 4.50. The lowest BCUT2D eigenvalue weighted by molar-refractivity contribution is -0.137.